The highest BCUT2D eigenvalue weighted by Gasteiger charge is 2.19. The molecule has 0 aromatic carbocycles. The first-order chi connectivity index (χ1) is 38.5. The van der Waals surface area contributed by atoms with E-state index in [1.165, 1.54) is 205 Å². The predicted molar refractivity (Wildman–Crippen MR) is 339 cm³/mol. The molecule has 6 nitrogen and oxygen atoms in total. The van der Waals surface area contributed by atoms with E-state index in [-0.39, 0.29) is 31.1 Å². The first-order valence-corrected chi connectivity index (χ1v) is 33.9. The molecule has 0 spiro atoms. The Morgan fingerprint density at radius 2 is 0.526 bits per heavy atom. The van der Waals surface area contributed by atoms with Crippen LogP contribution in [-0.2, 0) is 28.6 Å². The lowest BCUT2D eigenvalue weighted by molar-refractivity contribution is -0.167. The number of ether oxygens (including phenoxy) is 3. The SMILES string of the molecule is CC/C=C\C/C=C\C/C=C\C/C=C\C/C=C\CCCCCCCCCCCCCCCCCC(=O)OCC(COC(=O)CCCCCCC/C=C\CCC)OC(=O)CCCCCCCCCCCCCCCCCCCCC. The van der Waals surface area contributed by atoms with Crippen LogP contribution in [0.2, 0.25) is 0 Å². The topological polar surface area (TPSA) is 78.9 Å². The molecule has 1 unspecified atom stereocenters. The van der Waals surface area contributed by atoms with Gasteiger partial charge in [0.05, 0.1) is 0 Å². The largest absolute Gasteiger partial charge is 0.462 e. The molecular formula is C72H128O6. The van der Waals surface area contributed by atoms with Crippen molar-refractivity contribution in [3.63, 3.8) is 0 Å². The molecule has 0 N–H and O–H groups in total. The van der Waals surface area contributed by atoms with Crippen molar-refractivity contribution in [2.24, 2.45) is 0 Å². The Labute approximate surface area is 484 Å². The van der Waals surface area contributed by atoms with Crippen LogP contribution in [0.25, 0.3) is 0 Å². The van der Waals surface area contributed by atoms with Crippen LogP contribution >= 0.6 is 0 Å². The number of rotatable bonds is 62. The van der Waals surface area contributed by atoms with Crippen molar-refractivity contribution < 1.29 is 28.6 Å². The van der Waals surface area contributed by atoms with E-state index in [0.717, 1.165) is 103 Å². The molecule has 6 heteroatoms. The van der Waals surface area contributed by atoms with Crippen LogP contribution in [0, 0.1) is 0 Å². The summed E-state index contributed by atoms with van der Waals surface area (Å²) in [6.45, 7) is 6.51. The molecule has 0 heterocycles. The van der Waals surface area contributed by atoms with Gasteiger partial charge in [0.25, 0.3) is 0 Å². The van der Waals surface area contributed by atoms with Gasteiger partial charge in [-0.3, -0.25) is 14.4 Å². The molecule has 0 aliphatic rings. The summed E-state index contributed by atoms with van der Waals surface area (Å²) >= 11 is 0. The Morgan fingerprint density at radius 1 is 0.269 bits per heavy atom. The molecule has 0 aliphatic heterocycles. The van der Waals surface area contributed by atoms with Gasteiger partial charge in [0, 0.05) is 19.3 Å². The summed E-state index contributed by atoms with van der Waals surface area (Å²) in [5.41, 5.74) is 0. The van der Waals surface area contributed by atoms with Crippen LogP contribution in [-0.4, -0.2) is 37.2 Å². The average molecular weight is 1090 g/mol. The Bertz CT molecular complexity index is 1440. The van der Waals surface area contributed by atoms with Crippen LogP contribution in [0.3, 0.4) is 0 Å². The molecular weight excluding hydrogens is 961 g/mol. The number of carbonyl (C=O) groups excluding carboxylic acids is 3. The summed E-state index contributed by atoms with van der Waals surface area (Å²) < 4.78 is 16.9. The Morgan fingerprint density at radius 3 is 0.846 bits per heavy atom. The fraction of sp³-hybridized carbons (Fsp3) is 0.792. The van der Waals surface area contributed by atoms with Gasteiger partial charge >= 0.3 is 17.9 Å². The molecule has 0 fully saturated rings. The fourth-order valence-corrected chi connectivity index (χ4v) is 9.89. The van der Waals surface area contributed by atoms with E-state index in [9.17, 15) is 14.4 Å². The molecule has 0 radical (unpaired) electrons. The molecule has 78 heavy (non-hydrogen) atoms. The maximum atomic E-state index is 12.9. The van der Waals surface area contributed by atoms with E-state index in [0.29, 0.717) is 19.3 Å². The zero-order valence-electron chi connectivity index (χ0n) is 51.9. The molecule has 0 aromatic heterocycles. The van der Waals surface area contributed by atoms with Gasteiger partial charge in [-0.1, -0.05) is 318 Å². The third kappa shape index (κ3) is 63.7. The quantitative estimate of drug-likeness (QED) is 0.0261. The van der Waals surface area contributed by atoms with Crippen LogP contribution in [0.15, 0.2) is 72.9 Å². The average Bonchev–Trinajstić information content (AvgIpc) is 3.44. The minimum absolute atomic E-state index is 0.0732. The minimum atomic E-state index is -0.775. The monoisotopic (exact) mass is 1090 g/mol. The van der Waals surface area contributed by atoms with Crippen LogP contribution in [0.1, 0.15) is 348 Å². The van der Waals surface area contributed by atoms with Gasteiger partial charge in [0.2, 0.25) is 0 Å². The lowest BCUT2D eigenvalue weighted by Crippen LogP contribution is -2.30. The number of carbonyl (C=O) groups is 3. The Balaban J connectivity index is 4.13. The highest BCUT2D eigenvalue weighted by atomic mass is 16.6. The molecule has 0 aromatic rings. The van der Waals surface area contributed by atoms with Crippen molar-refractivity contribution in [3.05, 3.63) is 72.9 Å². The highest BCUT2D eigenvalue weighted by molar-refractivity contribution is 5.71. The maximum Gasteiger partial charge on any atom is 0.306 e. The lowest BCUT2D eigenvalue weighted by atomic mass is 10.0. The second-order valence-electron chi connectivity index (χ2n) is 22.7. The van der Waals surface area contributed by atoms with Gasteiger partial charge in [-0.15, -0.1) is 0 Å². The second-order valence-corrected chi connectivity index (χ2v) is 22.7. The van der Waals surface area contributed by atoms with Crippen molar-refractivity contribution >= 4 is 17.9 Å². The first-order valence-electron chi connectivity index (χ1n) is 33.9. The van der Waals surface area contributed by atoms with Crippen LogP contribution < -0.4 is 0 Å². The van der Waals surface area contributed by atoms with Crippen molar-refractivity contribution in [2.75, 3.05) is 13.2 Å². The fourth-order valence-electron chi connectivity index (χ4n) is 9.89. The smallest absolute Gasteiger partial charge is 0.306 e. The normalized spacial score (nSPS) is 12.5. The number of esters is 3. The Kier molecular flexibility index (Phi) is 63.7. The van der Waals surface area contributed by atoms with E-state index in [1.807, 2.05) is 0 Å². The van der Waals surface area contributed by atoms with E-state index in [4.69, 9.17) is 14.2 Å². The van der Waals surface area contributed by atoms with Gasteiger partial charge < -0.3 is 14.2 Å². The van der Waals surface area contributed by atoms with Crippen LogP contribution in [0.5, 0.6) is 0 Å². The van der Waals surface area contributed by atoms with Gasteiger partial charge in [-0.25, -0.2) is 0 Å². The van der Waals surface area contributed by atoms with Gasteiger partial charge in [0.1, 0.15) is 13.2 Å². The summed E-state index contributed by atoms with van der Waals surface area (Å²) in [7, 11) is 0. The number of unbranched alkanes of at least 4 members (excludes halogenated alkanes) is 39. The summed E-state index contributed by atoms with van der Waals surface area (Å²) in [6.07, 6.45) is 86.5. The lowest BCUT2D eigenvalue weighted by Gasteiger charge is -2.18. The molecule has 1 atom stereocenters. The molecule has 452 valence electrons. The van der Waals surface area contributed by atoms with E-state index >= 15 is 0 Å². The summed E-state index contributed by atoms with van der Waals surface area (Å²) in [4.78, 5) is 38.3. The first kappa shape index (κ1) is 74.8. The van der Waals surface area contributed by atoms with Crippen LogP contribution in [0.4, 0.5) is 0 Å². The third-order valence-electron chi connectivity index (χ3n) is 14.9. The van der Waals surface area contributed by atoms with Gasteiger partial charge in [-0.2, -0.15) is 0 Å². The van der Waals surface area contributed by atoms with E-state index < -0.39 is 6.10 Å². The predicted octanol–water partition coefficient (Wildman–Crippen LogP) is 23.3. The summed E-state index contributed by atoms with van der Waals surface area (Å²) in [6, 6.07) is 0. The van der Waals surface area contributed by atoms with E-state index in [2.05, 4.69) is 93.7 Å². The molecule has 0 amide bonds. The maximum absolute atomic E-state index is 12.9. The molecule has 0 bridgehead atoms. The zero-order chi connectivity index (χ0) is 56.4. The van der Waals surface area contributed by atoms with Crippen molar-refractivity contribution in [2.45, 2.75) is 354 Å². The molecule has 0 saturated heterocycles. The number of allylic oxidation sites excluding steroid dienone is 12. The number of hydrogen-bond acceptors (Lipinski definition) is 6. The molecule has 0 aliphatic carbocycles. The van der Waals surface area contributed by atoms with Gasteiger partial charge in [-0.05, 0) is 83.5 Å². The number of hydrogen-bond donors (Lipinski definition) is 0. The molecule has 0 rings (SSSR count). The highest BCUT2D eigenvalue weighted by Crippen LogP contribution is 2.18. The summed E-state index contributed by atoms with van der Waals surface area (Å²) in [5.74, 6) is -0.865. The van der Waals surface area contributed by atoms with Gasteiger partial charge in [0.15, 0.2) is 6.10 Å². The minimum Gasteiger partial charge on any atom is -0.462 e. The van der Waals surface area contributed by atoms with Crippen molar-refractivity contribution in [3.8, 4) is 0 Å². The molecule has 0 saturated carbocycles. The van der Waals surface area contributed by atoms with Crippen molar-refractivity contribution in [1.29, 1.82) is 0 Å². The third-order valence-corrected chi connectivity index (χ3v) is 14.9. The standard InChI is InChI=1S/C72H128O6/c1-4-7-10-13-16-19-22-24-26-28-30-31-32-33-34-35-36-37-38-39-40-41-43-44-46-48-50-53-56-59-62-65-71(74)77-68-69(67-76-70(73)64-61-58-55-52-21-18-15-12-9-6-3)78-72(75)66-63-60-57-54-51-49-47-45-42-29-27-25-23-20-17-14-11-8-5-2/h7,10,12,15-16,19,24,26,30-31,33-34,69H,4-6,8-9,11,13-14,17-18,20-23,25,27-29,32,35-68H2,1-3H3/b10-7-,15-12-,19-16-,26-24-,31-30-,34-33-. The Hall–Kier alpha value is -3.15. The zero-order valence-corrected chi connectivity index (χ0v) is 51.9. The van der Waals surface area contributed by atoms with Crippen molar-refractivity contribution in [1.82, 2.24) is 0 Å². The second kappa shape index (κ2) is 66.4. The summed E-state index contributed by atoms with van der Waals surface area (Å²) in [5, 5.41) is 0. The van der Waals surface area contributed by atoms with E-state index in [1.54, 1.807) is 0 Å².